The fourth-order valence-electron chi connectivity index (χ4n) is 3.72. The van der Waals surface area contributed by atoms with E-state index in [0.29, 0.717) is 18.5 Å². The molecule has 0 aliphatic carbocycles. The number of amides is 1. The number of ether oxygens (including phenoxy) is 3. The van der Waals surface area contributed by atoms with E-state index in [1.165, 1.54) is 6.07 Å². The fourth-order valence-corrected chi connectivity index (χ4v) is 3.72. The molecule has 0 saturated carbocycles. The van der Waals surface area contributed by atoms with E-state index in [9.17, 15) is 19.4 Å². The second-order valence-corrected chi connectivity index (χ2v) is 8.11. The molecule has 1 fully saturated rings. The topological polar surface area (TPSA) is 150 Å². The average Bonchev–Trinajstić information content (AvgIpc) is 3.18. The Balaban J connectivity index is 1.52. The predicted octanol–water partition coefficient (Wildman–Crippen LogP) is 0.227. The van der Waals surface area contributed by atoms with Gasteiger partial charge in [-0.2, -0.15) is 0 Å². The number of carbonyl (C=O) groups excluding carboxylic acids is 3. The summed E-state index contributed by atoms with van der Waals surface area (Å²) < 4.78 is 20.0. The van der Waals surface area contributed by atoms with Crippen LogP contribution in [0.5, 0.6) is 5.75 Å². The molecule has 0 spiro atoms. The third-order valence-corrected chi connectivity index (χ3v) is 5.45. The van der Waals surface area contributed by atoms with Crippen LogP contribution in [0.3, 0.4) is 0 Å². The summed E-state index contributed by atoms with van der Waals surface area (Å²) in [7, 11) is -1.35. The largest absolute Gasteiger partial charge is 0.547 e. The van der Waals surface area contributed by atoms with Crippen LogP contribution >= 0.6 is 0 Å². The van der Waals surface area contributed by atoms with E-state index in [1.54, 1.807) is 12.1 Å². The van der Waals surface area contributed by atoms with Crippen molar-refractivity contribution in [1.29, 1.82) is 0 Å². The van der Waals surface area contributed by atoms with Gasteiger partial charge in [-0.05, 0) is 30.9 Å². The number of nitrogens with one attached hydrogen (secondary N) is 1. The normalized spacial score (nSPS) is 19.9. The number of hydrogen-bond acceptors (Lipinski definition) is 10. The molecule has 2 aliphatic rings. The molecule has 180 valence electrons. The highest BCUT2D eigenvalue weighted by Crippen LogP contribution is 2.30. The van der Waals surface area contributed by atoms with Crippen LogP contribution in [-0.4, -0.2) is 80.1 Å². The van der Waals surface area contributed by atoms with Gasteiger partial charge in [-0.3, -0.25) is 9.69 Å². The van der Waals surface area contributed by atoms with Gasteiger partial charge < -0.3 is 34.9 Å². The molecule has 1 amide bonds. The molecule has 0 bridgehead atoms. The Morgan fingerprint density at radius 2 is 2.12 bits per heavy atom. The van der Waals surface area contributed by atoms with E-state index >= 15 is 0 Å². The van der Waals surface area contributed by atoms with E-state index in [1.807, 2.05) is 11.8 Å². The van der Waals surface area contributed by atoms with Crippen LogP contribution in [0.15, 0.2) is 18.2 Å². The van der Waals surface area contributed by atoms with Crippen molar-refractivity contribution < 1.29 is 38.3 Å². The molecule has 2 heterocycles. The summed E-state index contributed by atoms with van der Waals surface area (Å²) in [4.78, 5) is 38.2. The lowest BCUT2D eigenvalue weighted by atomic mass is 9.72. The molecule has 1 aromatic carbocycles. The number of para-hydroxylation sites is 1. The van der Waals surface area contributed by atoms with Crippen LogP contribution in [0, 0.1) is 0 Å². The third-order valence-electron chi connectivity index (χ3n) is 5.45. The number of carbonyl (C=O) groups is 3. The van der Waals surface area contributed by atoms with Gasteiger partial charge in [0.25, 0.3) is 0 Å². The van der Waals surface area contributed by atoms with E-state index in [0.717, 1.165) is 19.4 Å². The summed E-state index contributed by atoms with van der Waals surface area (Å²) in [5.41, 5.74) is 6.57. The zero-order valence-corrected chi connectivity index (χ0v) is 18.7. The second kappa shape index (κ2) is 11.9. The summed E-state index contributed by atoms with van der Waals surface area (Å²) in [5.74, 6) is -1.53. The lowest BCUT2D eigenvalue weighted by Gasteiger charge is -2.29. The molecule has 1 aromatic rings. The number of esters is 1. The van der Waals surface area contributed by atoms with Crippen molar-refractivity contribution in [3.05, 3.63) is 29.3 Å². The SMILES string of the molecule is CCCCOC(=O)OCOC(=O)c1cccc2c1OB(O)[C@@H](NC(=O)CN1CC[C@H](N)C1)C2. The highest BCUT2D eigenvalue weighted by atomic mass is 16.8. The second-order valence-electron chi connectivity index (χ2n) is 8.11. The highest BCUT2D eigenvalue weighted by Gasteiger charge is 2.38. The maximum Gasteiger partial charge on any atom is 0.547 e. The maximum absolute atomic E-state index is 12.4. The molecule has 0 unspecified atom stereocenters. The van der Waals surface area contributed by atoms with E-state index in [-0.39, 0.29) is 42.8 Å². The molecule has 0 aromatic heterocycles. The van der Waals surface area contributed by atoms with Crippen molar-refractivity contribution in [3.8, 4) is 5.75 Å². The zero-order chi connectivity index (χ0) is 23.8. The van der Waals surface area contributed by atoms with Crippen LogP contribution in [-0.2, 0) is 25.4 Å². The number of nitrogens with zero attached hydrogens (tertiary/aromatic N) is 1. The first-order valence-electron chi connectivity index (χ1n) is 11.1. The van der Waals surface area contributed by atoms with Gasteiger partial charge >= 0.3 is 19.2 Å². The van der Waals surface area contributed by atoms with Crippen molar-refractivity contribution in [3.63, 3.8) is 0 Å². The summed E-state index contributed by atoms with van der Waals surface area (Å²) in [6, 6.07) is 4.92. The molecule has 3 rings (SSSR count). The number of hydrogen-bond donors (Lipinski definition) is 3. The minimum absolute atomic E-state index is 0.0727. The van der Waals surface area contributed by atoms with Crippen LogP contribution in [0.1, 0.15) is 42.1 Å². The quantitative estimate of drug-likeness (QED) is 0.201. The molecular weight excluding hydrogens is 433 g/mol. The number of benzene rings is 1. The van der Waals surface area contributed by atoms with Crippen molar-refractivity contribution in [2.75, 3.05) is 33.0 Å². The smallest absolute Gasteiger partial charge is 0.534 e. The first kappa shape index (κ1) is 24.8. The van der Waals surface area contributed by atoms with Crippen LogP contribution in [0.25, 0.3) is 0 Å². The van der Waals surface area contributed by atoms with Gasteiger partial charge in [0.15, 0.2) is 0 Å². The molecule has 0 radical (unpaired) electrons. The zero-order valence-electron chi connectivity index (χ0n) is 18.7. The molecule has 1 saturated heterocycles. The molecule has 33 heavy (non-hydrogen) atoms. The number of fused-ring (bicyclic) bond motifs is 1. The minimum atomic E-state index is -1.35. The molecule has 12 heteroatoms. The Morgan fingerprint density at radius 3 is 2.85 bits per heavy atom. The van der Waals surface area contributed by atoms with Crippen LogP contribution in [0.2, 0.25) is 0 Å². The molecule has 2 atom stereocenters. The monoisotopic (exact) mass is 463 g/mol. The maximum atomic E-state index is 12.4. The van der Waals surface area contributed by atoms with Gasteiger partial charge in [-0.15, -0.1) is 0 Å². The standard InChI is InChI=1S/C21H30BN3O8/c1-2-3-9-30-21(28)32-13-31-20(27)16-6-4-5-14-10-17(22(29)33-19(14)16)24-18(26)12-25-8-7-15(23)11-25/h4-6,15,17,29H,2-3,7-13,23H2,1H3,(H,24,26)/t15-,17-/m0/s1. The Hall–Kier alpha value is -2.83. The summed E-state index contributed by atoms with van der Waals surface area (Å²) in [6.45, 7) is 3.17. The third kappa shape index (κ3) is 7.08. The van der Waals surface area contributed by atoms with Gasteiger partial charge in [0.05, 0.1) is 19.1 Å². The van der Waals surface area contributed by atoms with Crippen molar-refractivity contribution >= 4 is 25.2 Å². The lowest BCUT2D eigenvalue weighted by molar-refractivity contribution is -0.122. The predicted molar refractivity (Wildman–Crippen MR) is 117 cm³/mol. The van der Waals surface area contributed by atoms with Crippen molar-refractivity contribution in [1.82, 2.24) is 10.2 Å². The number of rotatable bonds is 9. The van der Waals surface area contributed by atoms with Gasteiger partial charge in [-0.1, -0.05) is 25.5 Å². The molecular formula is C21H30BN3O8. The lowest BCUT2D eigenvalue weighted by Crippen LogP contribution is -2.54. The van der Waals surface area contributed by atoms with Crippen molar-refractivity contribution in [2.24, 2.45) is 5.73 Å². The average molecular weight is 463 g/mol. The number of unbranched alkanes of at least 4 members (excludes halogenated alkanes) is 1. The number of nitrogens with two attached hydrogens (primary N) is 1. The van der Waals surface area contributed by atoms with E-state index in [4.69, 9.17) is 24.6 Å². The highest BCUT2D eigenvalue weighted by molar-refractivity contribution is 6.47. The molecule has 11 nitrogen and oxygen atoms in total. The van der Waals surface area contributed by atoms with Gasteiger partial charge in [-0.25, -0.2) is 9.59 Å². The van der Waals surface area contributed by atoms with E-state index < -0.39 is 32.0 Å². The first-order valence-corrected chi connectivity index (χ1v) is 11.1. The van der Waals surface area contributed by atoms with Gasteiger partial charge in [0.2, 0.25) is 12.7 Å². The van der Waals surface area contributed by atoms with Gasteiger partial charge in [0.1, 0.15) is 11.3 Å². The molecule has 4 N–H and O–H groups in total. The Kier molecular flexibility index (Phi) is 8.92. The minimum Gasteiger partial charge on any atom is -0.534 e. The molecule has 2 aliphatic heterocycles. The Labute approximate surface area is 192 Å². The summed E-state index contributed by atoms with van der Waals surface area (Å²) >= 11 is 0. The first-order chi connectivity index (χ1) is 15.9. The summed E-state index contributed by atoms with van der Waals surface area (Å²) in [5, 5.41) is 13.2. The summed E-state index contributed by atoms with van der Waals surface area (Å²) in [6.07, 6.45) is 1.76. The van der Waals surface area contributed by atoms with Crippen LogP contribution in [0.4, 0.5) is 4.79 Å². The number of likely N-dealkylation sites (tertiary alicyclic amines) is 1. The Morgan fingerprint density at radius 1 is 1.30 bits per heavy atom. The van der Waals surface area contributed by atoms with Crippen LogP contribution < -0.4 is 15.7 Å². The fraction of sp³-hybridized carbons (Fsp3) is 0.571. The van der Waals surface area contributed by atoms with Gasteiger partial charge in [0, 0.05) is 19.1 Å². The van der Waals surface area contributed by atoms with Crippen molar-refractivity contribution in [2.45, 2.75) is 44.6 Å². The van der Waals surface area contributed by atoms with E-state index in [2.05, 4.69) is 5.32 Å². The Bertz CT molecular complexity index is 855.